The van der Waals surface area contributed by atoms with Gasteiger partial charge < -0.3 is 15.0 Å². The van der Waals surface area contributed by atoms with Crippen LogP contribution in [0.2, 0.25) is 0 Å². The minimum atomic E-state index is -0.274. The molecule has 0 aliphatic carbocycles. The van der Waals surface area contributed by atoms with Crippen molar-refractivity contribution in [2.45, 2.75) is 12.5 Å². The van der Waals surface area contributed by atoms with Crippen molar-refractivity contribution in [3.8, 4) is 5.75 Å². The number of ether oxygens (including phenoxy) is 1. The molecule has 0 spiro atoms. The molecule has 1 aromatic heterocycles. The maximum Gasteiger partial charge on any atom is 0.259 e. The lowest BCUT2D eigenvalue weighted by Crippen LogP contribution is -2.32. The van der Waals surface area contributed by atoms with E-state index in [0.29, 0.717) is 29.5 Å². The van der Waals surface area contributed by atoms with Crippen molar-refractivity contribution >= 4 is 29.0 Å². The molecule has 1 atom stereocenters. The lowest BCUT2D eigenvalue weighted by molar-refractivity contribution is 0.0925. The zero-order valence-corrected chi connectivity index (χ0v) is 14.0. The van der Waals surface area contributed by atoms with Crippen LogP contribution in [0, 0.1) is 4.77 Å². The molecular weight excluding hydrogens is 338 g/mol. The molecule has 126 valence electrons. The van der Waals surface area contributed by atoms with E-state index in [0.717, 1.165) is 11.3 Å². The number of para-hydroxylation sites is 1. The van der Waals surface area contributed by atoms with Crippen LogP contribution in [0.3, 0.4) is 0 Å². The number of fused-ring (bicyclic) bond motifs is 2. The van der Waals surface area contributed by atoms with Crippen LogP contribution in [0.4, 0.5) is 0 Å². The van der Waals surface area contributed by atoms with Gasteiger partial charge in [-0.1, -0.05) is 18.2 Å². The van der Waals surface area contributed by atoms with Gasteiger partial charge in [-0.05, 0) is 36.5 Å². The topological polar surface area (TPSA) is 87.0 Å². The standard InChI is InChI=1S/C18H15N3O3S/c22-16(19-13-7-8-24-15-4-2-1-3-11(13)15)10-5-6-12-14(9-10)20-18(25)21-17(12)23/h1-6,9,13H,7-8H2,(H,19,22)(H2,20,21,23,25). The Hall–Kier alpha value is -2.93. The summed E-state index contributed by atoms with van der Waals surface area (Å²) < 4.78 is 5.85. The molecule has 1 aliphatic heterocycles. The second kappa shape index (κ2) is 6.18. The van der Waals surface area contributed by atoms with Crippen LogP contribution >= 0.6 is 12.2 Å². The van der Waals surface area contributed by atoms with Crippen LogP contribution < -0.4 is 15.6 Å². The van der Waals surface area contributed by atoms with E-state index in [1.807, 2.05) is 24.3 Å². The molecule has 2 aromatic carbocycles. The van der Waals surface area contributed by atoms with Gasteiger partial charge in [-0.2, -0.15) is 0 Å². The van der Waals surface area contributed by atoms with Gasteiger partial charge in [0.05, 0.1) is 23.6 Å². The zero-order valence-electron chi connectivity index (χ0n) is 13.2. The molecule has 1 aliphatic rings. The first-order valence-electron chi connectivity index (χ1n) is 7.91. The fraction of sp³-hybridized carbons (Fsp3) is 0.167. The Bertz CT molecular complexity index is 1090. The quantitative estimate of drug-likeness (QED) is 0.618. The van der Waals surface area contributed by atoms with Crippen molar-refractivity contribution in [3.05, 3.63) is 68.7 Å². The van der Waals surface area contributed by atoms with Gasteiger partial charge in [-0.25, -0.2) is 0 Å². The highest BCUT2D eigenvalue weighted by atomic mass is 32.1. The molecule has 6 nitrogen and oxygen atoms in total. The second-order valence-corrected chi connectivity index (χ2v) is 6.28. The molecule has 7 heteroatoms. The van der Waals surface area contributed by atoms with Gasteiger partial charge >= 0.3 is 0 Å². The lowest BCUT2D eigenvalue weighted by Gasteiger charge is -2.26. The number of amides is 1. The van der Waals surface area contributed by atoms with Gasteiger partial charge in [0.15, 0.2) is 4.77 Å². The zero-order chi connectivity index (χ0) is 17.4. The number of aromatic nitrogens is 2. The van der Waals surface area contributed by atoms with Gasteiger partial charge in [0.1, 0.15) is 5.75 Å². The SMILES string of the molecule is O=C(NC1CCOc2ccccc21)c1ccc2c(=O)[nH]c(=S)[nH]c2c1. The molecule has 0 radical (unpaired) electrons. The van der Waals surface area contributed by atoms with Gasteiger partial charge in [-0.15, -0.1) is 0 Å². The lowest BCUT2D eigenvalue weighted by atomic mass is 10.00. The minimum Gasteiger partial charge on any atom is -0.493 e. The molecule has 3 N–H and O–H groups in total. The van der Waals surface area contributed by atoms with E-state index in [1.54, 1.807) is 18.2 Å². The van der Waals surface area contributed by atoms with Gasteiger partial charge in [0.2, 0.25) is 0 Å². The third kappa shape index (κ3) is 2.94. The number of H-pyrrole nitrogens is 2. The number of hydrogen-bond donors (Lipinski definition) is 3. The fourth-order valence-electron chi connectivity index (χ4n) is 3.04. The molecule has 3 aromatic rings. The maximum absolute atomic E-state index is 12.7. The molecule has 2 heterocycles. The van der Waals surface area contributed by atoms with Crippen LogP contribution in [-0.2, 0) is 0 Å². The molecule has 25 heavy (non-hydrogen) atoms. The van der Waals surface area contributed by atoms with Crippen molar-refractivity contribution in [1.82, 2.24) is 15.3 Å². The molecule has 0 saturated heterocycles. The molecule has 1 amide bonds. The molecule has 0 fully saturated rings. The Morgan fingerprint density at radius 1 is 1.20 bits per heavy atom. The third-order valence-corrected chi connectivity index (χ3v) is 4.47. The summed E-state index contributed by atoms with van der Waals surface area (Å²) in [7, 11) is 0. The first-order valence-corrected chi connectivity index (χ1v) is 8.31. The average Bonchev–Trinajstić information content (AvgIpc) is 2.61. The highest BCUT2D eigenvalue weighted by Crippen LogP contribution is 2.31. The summed E-state index contributed by atoms with van der Waals surface area (Å²) in [6.45, 7) is 0.558. The number of carbonyl (C=O) groups excluding carboxylic acids is 1. The number of hydrogen-bond acceptors (Lipinski definition) is 4. The summed E-state index contributed by atoms with van der Waals surface area (Å²) in [6.07, 6.45) is 0.707. The highest BCUT2D eigenvalue weighted by molar-refractivity contribution is 7.71. The van der Waals surface area contributed by atoms with Crippen molar-refractivity contribution in [2.75, 3.05) is 6.61 Å². The summed E-state index contributed by atoms with van der Waals surface area (Å²) in [6, 6.07) is 12.5. The van der Waals surface area contributed by atoms with Crippen LogP contribution in [0.25, 0.3) is 10.9 Å². The average molecular weight is 353 g/mol. The second-order valence-electron chi connectivity index (χ2n) is 5.87. The molecule has 0 saturated carbocycles. The minimum absolute atomic E-state index is 0.106. The smallest absolute Gasteiger partial charge is 0.259 e. The number of nitrogens with one attached hydrogen (secondary N) is 3. The maximum atomic E-state index is 12.7. The van der Waals surface area contributed by atoms with Crippen molar-refractivity contribution in [2.24, 2.45) is 0 Å². The number of carbonyl (C=O) groups is 1. The van der Waals surface area contributed by atoms with E-state index in [1.165, 1.54) is 0 Å². The number of aromatic amines is 2. The van der Waals surface area contributed by atoms with E-state index < -0.39 is 0 Å². The Morgan fingerprint density at radius 3 is 2.92 bits per heavy atom. The summed E-state index contributed by atoms with van der Waals surface area (Å²) >= 11 is 4.98. The van der Waals surface area contributed by atoms with E-state index in [-0.39, 0.29) is 22.3 Å². The fourth-order valence-corrected chi connectivity index (χ4v) is 3.25. The summed E-state index contributed by atoms with van der Waals surface area (Å²) in [5.74, 6) is 0.594. The largest absolute Gasteiger partial charge is 0.493 e. The highest BCUT2D eigenvalue weighted by Gasteiger charge is 2.23. The first-order chi connectivity index (χ1) is 12.1. The Kier molecular flexibility index (Phi) is 3.85. The van der Waals surface area contributed by atoms with Crippen LogP contribution in [0.15, 0.2) is 47.3 Å². The van der Waals surface area contributed by atoms with Crippen molar-refractivity contribution in [3.63, 3.8) is 0 Å². The molecule has 0 bridgehead atoms. The Balaban J connectivity index is 1.65. The van der Waals surface area contributed by atoms with E-state index in [9.17, 15) is 9.59 Å². The van der Waals surface area contributed by atoms with E-state index in [4.69, 9.17) is 17.0 Å². The Labute approximate surface area is 147 Å². The van der Waals surface area contributed by atoms with E-state index in [2.05, 4.69) is 15.3 Å². The van der Waals surface area contributed by atoms with Gasteiger partial charge in [-0.3, -0.25) is 14.6 Å². The normalized spacial score (nSPS) is 16.1. The predicted molar refractivity (Wildman–Crippen MR) is 96.5 cm³/mol. The summed E-state index contributed by atoms with van der Waals surface area (Å²) in [5.41, 5.74) is 1.70. The number of rotatable bonds is 2. The van der Waals surface area contributed by atoms with Crippen LogP contribution in [0.5, 0.6) is 5.75 Å². The van der Waals surface area contributed by atoms with Crippen molar-refractivity contribution in [1.29, 1.82) is 0 Å². The third-order valence-electron chi connectivity index (χ3n) is 4.27. The van der Waals surface area contributed by atoms with Crippen LogP contribution in [-0.4, -0.2) is 22.5 Å². The van der Waals surface area contributed by atoms with E-state index >= 15 is 0 Å². The van der Waals surface area contributed by atoms with Gasteiger partial charge in [0, 0.05) is 17.5 Å². The Morgan fingerprint density at radius 2 is 2.04 bits per heavy atom. The van der Waals surface area contributed by atoms with Gasteiger partial charge in [0.25, 0.3) is 11.5 Å². The molecular formula is C18H15N3O3S. The summed E-state index contributed by atoms with van der Waals surface area (Å²) in [4.78, 5) is 30.0. The summed E-state index contributed by atoms with van der Waals surface area (Å²) in [5, 5.41) is 3.50. The monoisotopic (exact) mass is 353 g/mol. The molecule has 1 unspecified atom stereocenters. The predicted octanol–water partition coefficient (Wildman–Crippen LogP) is 2.84. The molecule has 4 rings (SSSR count). The van der Waals surface area contributed by atoms with Crippen molar-refractivity contribution < 1.29 is 9.53 Å². The van der Waals surface area contributed by atoms with Crippen LogP contribution in [0.1, 0.15) is 28.4 Å². The number of benzene rings is 2. The first kappa shape index (κ1) is 15.6.